The average Bonchev–Trinajstić information content (AvgIpc) is 2.39. The first kappa shape index (κ1) is 12.3. The predicted molar refractivity (Wildman–Crippen MR) is 76.5 cm³/mol. The van der Waals surface area contributed by atoms with Crippen molar-refractivity contribution in [2.45, 2.75) is 38.1 Å². The van der Waals surface area contributed by atoms with E-state index in [0.717, 1.165) is 18.7 Å². The number of aromatic amines is 1. The van der Waals surface area contributed by atoms with Gasteiger partial charge in [0.15, 0.2) is 0 Å². The summed E-state index contributed by atoms with van der Waals surface area (Å²) in [6.07, 6.45) is 3.47. The molecule has 1 aliphatic carbocycles. The zero-order valence-corrected chi connectivity index (χ0v) is 11.6. The van der Waals surface area contributed by atoms with Crippen LogP contribution in [0.3, 0.4) is 0 Å². The molecule has 1 fully saturated rings. The highest BCUT2D eigenvalue weighted by Crippen LogP contribution is 2.35. The molecule has 2 atom stereocenters. The summed E-state index contributed by atoms with van der Waals surface area (Å²) in [4.78, 5) is 14.9. The molecule has 2 unspecified atom stereocenters. The number of hydrogen-bond acceptors (Lipinski definition) is 3. The van der Waals surface area contributed by atoms with E-state index in [2.05, 4.69) is 17.2 Å². The maximum absolute atomic E-state index is 11.8. The molecule has 1 aliphatic heterocycles. The topological polar surface area (TPSA) is 44.9 Å². The first-order valence-corrected chi connectivity index (χ1v) is 7.98. The van der Waals surface area contributed by atoms with Crippen LogP contribution in [0.2, 0.25) is 0 Å². The van der Waals surface area contributed by atoms with Crippen molar-refractivity contribution in [3.8, 4) is 0 Å². The van der Waals surface area contributed by atoms with Crippen LogP contribution in [0.5, 0.6) is 0 Å². The van der Waals surface area contributed by atoms with Crippen molar-refractivity contribution in [1.29, 1.82) is 0 Å². The van der Waals surface area contributed by atoms with Gasteiger partial charge < -0.3 is 10.3 Å². The fourth-order valence-electron chi connectivity index (χ4n) is 3.21. The molecular formula is C14H20N2OS. The van der Waals surface area contributed by atoms with Crippen LogP contribution in [-0.4, -0.2) is 23.0 Å². The van der Waals surface area contributed by atoms with E-state index < -0.39 is 0 Å². The van der Waals surface area contributed by atoms with Crippen molar-refractivity contribution in [3.63, 3.8) is 0 Å². The van der Waals surface area contributed by atoms with E-state index in [1.165, 1.54) is 35.4 Å². The van der Waals surface area contributed by atoms with Gasteiger partial charge in [-0.1, -0.05) is 6.92 Å². The standard InChI is InChI=1S/C14H20N2OS/c1-9-3-2-4-11-14(9)10(7-13(17)16-11)12-8-18-6-5-15-12/h7,9,12,15H,2-6,8H2,1H3,(H,16,17). The summed E-state index contributed by atoms with van der Waals surface area (Å²) < 4.78 is 0. The molecule has 0 aromatic carbocycles. The van der Waals surface area contributed by atoms with Gasteiger partial charge in [-0.3, -0.25) is 4.79 Å². The Morgan fingerprint density at radius 2 is 2.33 bits per heavy atom. The second-order valence-corrected chi connectivity index (χ2v) is 6.51. The van der Waals surface area contributed by atoms with Gasteiger partial charge in [-0.25, -0.2) is 0 Å². The van der Waals surface area contributed by atoms with Crippen LogP contribution in [0.1, 0.15) is 48.5 Å². The number of aromatic nitrogens is 1. The molecule has 4 heteroatoms. The second-order valence-electron chi connectivity index (χ2n) is 5.36. The number of pyridine rings is 1. The lowest BCUT2D eigenvalue weighted by Gasteiger charge is -2.30. The summed E-state index contributed by atoms with van der Waals surface area (Å²) in [5.41, 5.74) is 3.93. The molecule has 98 valence electrons. The minimum absolute atomic E-state index is 0.0650. The zero-order chi connectivity index (χ0) is 12.5. The normalized spacial score (nSPS) is 27.8. The molecule has 2 aliphatic rings. The van der Waals surface area contributed by atoms with E-state index in [4.69, 9.17) is 0 Å². The molecule has 2 heterocycles. The first-order chi connectivity index (χ1) is 8.75. The molecule has 3 nitrogen and oxygen atoms in total. The molecule has 0 radical (unpaired) electrons. The van der Waals surface area contributed by atoms with E-state index in [1.807, 2.05) is 17.8 Å². The SMILES string of the molecule is CC1CCCc2[nH]c(=O)cc(C3CSCCN3)c21. The Morgan fingerprint density at radius 1 is 1.44 bits per heavy atom. The largest absolute Gasteiger partial charge is 0.326 e. The number of hydrogen-bond donors (Lipinski definition) is 2. The predicted octanol–water partition coefficient (Wildman–Crippen LogP) is 2.19. The summed E-state index contributed by atoms with van der Waals surface area (Å²) in [6, 6.07) is 2.19. The number of rotatable bonds is 1. The summed E-state index contributed by atoms with van der Waals surface area (Å²) >= 11 is 1.98. The summed E-state index contributed by atoms with van der Waals surface area (Å²) in [7, 11) is 0. The lowest BCUT2D eigenvalue weighted by molar-refractivity contribution is 0.539. The fourth-order valence-corrected chi connectivity index (χ4v) is 4.17. The fraction of sp³-hybridized carbons (Fsp3) is 0.643. The molecule has 1 saturated heterocycles. The average molecular weight is 264 g/mol. The van der Waals surface area contributed by atoms with Crippen molar-refractivity contribution < 1.29 is 0 Å². The van der Waals surface area contributed by atoms with E-state index in [0.29, 0.717) is 12.0 Å². The Morgan fingerprint density at radius 3 is 3.11 bits per heavy atom. The molecule has 18 heavy (non-hydrogen) atoms. The highest BCUT2D eigenvalue weighted by molar-refractivity contribution is 7.99. The zero-order valence-electron chi connectivity index (χ0n) is 10.8. The van der Waals surface area contributed by atoms with E-state index >= 15 is 0 Å². The van der Waals surface area contributed by atoms with Gasteiger partial charge in [0, 0.05) is 35.9 Å². The minimum atomic E-state index is 0.0650. The Bertz CT molecular complexity index is 491. The van der Waals surface area contributed by atoms with Crippen LogP contribution in [0, 0.1) is 0 Å². The molecule has 0 spiro atoms. The van der Waals surface area contributed by atoms with E-state index in [9.17, 15) is 4.79 Å². The van der Waals surface area contributed by atoms with Crippen molar-refractivity contribution in [3.05, 3.63) is 33.2 Å². The van der Waals surface area contributed by atoms with Crippen molar-refractivity contribution >= 4 is 11.8 Å². The summed E-state index contributed by atoms with van der Waals surface area (Å²) in [5, 5.41) is 3.56. The monoisotopic (exact) mass is 264 g/mol. The number of thioether (sulfide) groups is 1. The first-order valence-electron chi connectivity index (χ1n) is 6.83. The molecule has 2 N–H and O–H groups in total. The summed E-state index contributed by atoms with van der Waals surface area (Å²) in [5.74, 6) is 2.84. The third kappa shape index (κ3) is 2.24. The van der Waals surface area contributed by atoms with E-state index in [1.54, 1.807) is 0 Å². The van der Waals surface area contributed by atoms with Crippen LogP contribution in [0.4, 0.5) is 0 Å². The third-order valence-corrected chi connectivity index (χ3v) is 5.11. The van der Waals surface area contributed by atoms with Crippen LogP contribution >= 0.6 is 11.8 Å². The number of nitrogens with one attached hydrogen (secondary N) is 2. The van der Waals surface area contributed by atoms with Gasteiger partial charge in [-0.05, 0) is 36.3 Å². The van der Waals surface area contributed by atoms with Crippen LogP contribution in [0.25, 0.3) is 0 Å². The Kier molecular flexibility index (Phi) is 3.48. The summed E-state index contributed by atoms with van der Waals surface area (Å²) in [6.45, 7) is 3.33. The second kappa shape index (κ2) is 5.10. The number of aryl methyl sites for hydroxylation is 1. The van der Waals surface area contributed by atoms with Crippen molar-refractivity contribution in [2.24, 2.45) is 0 Å². The lowest BCUT2D eigenvalue weighted by atomic mass is 9.82. The van der Waals surface area contributed by atoms with Crippen LogP contribution < -0.4 is 10.9 Å². The van der Waals surface area contributed by atoms with Crippen LogP contribution in [0.15, 0.2) is 10.9 Å². The van der Waals surface area contributed by atoms with Crippen molar-refractivity contribution in [1.82, 2.24) is 10.3 Å². The maximum atomic E-state index is 11.8. The van der Waals surface area contributed by atoms with Crippen molar-refractivity contribution in [2.75, 3.05) is 18.1 Å². The van der Waals surface area contributed by atoms with Gasteiger partial charge in [-0.2, -0.15) is 11.8 Å². The Labute approximate surface area is 112 Å². The highest BCUT2D eigenvalue weighted by atomic mass is 32.2. The molecule has 1 aromatic heterocycles. The quantitative estimate of drug-likeness (QED) is 0.817. The van der Waals surface area contributed by atoms with Gasteiger partial charge in [0.2, 0.25) is 5.56 Å². The van der Waals surface area contributed by atoms with Gasteiger partial charge in [0.25, 0.3) is 0 Å². The number of H-pyrrole nitrogens is 1. The molecule has 3 rings (SSSR count). The minimum Gasteiger partial charge on any atom is -0.326 e. The molecule has 0 amide bonds. The van der Waals surface area contributed by atoms with Gasteiger partial charge in [0.05, 0.1) is 0 Å². The third-order valence-electron chi connectivity index (χ3n) is 4.05. The van der Waals surface area contributed by atoms with Gasteiger partial charge in [-0.15, -0.1) is 0 Å². The smallest absolute Gasteiger partial charge is 0.248 e. The highest BCUT2D eigenvalue weighted by Gasteiger charge is 2.26. The Balaban J connectivity index is 2.06. The van der Waals surface area contributed by atoms with Gasteiger partial charge in [0.1, 0.15) is 0 Å². The Hall–Kier alpha value is -0.740. The number of fused-ring (bicyclic) bond motifs is 1. The molecular weight excluding hydrogens is 244 g/mol. The van der Waals surface area contributed by atoms with E-state index in [-0.39, 0.29) is 5.56 Å². The molecule has 1 aromatic rings. The molecule has 0 saturated carbocycles. The maximum Gasteiger partial charge on any atom is 0.248 e. The molecule has 0 bridgehead atoms. The lowest BCUT2D eigenvalue weighted by Crippen LogP contribution is -2.33. The van der Waals surface area contributed by atoms with Gasteiger partial charge >= 0.3 is 0 Å². The van der Waals surface area contributed by atoms with Crippen LogP contribution in [-0.2, 0) is 6.42 Å².